The maximum absolute atomic E-state index is 12.9. The van der Waals surface area contributed by atoms with Gasteiger partial charge < -0.3 is 9.47 Å². The fourth-order valence-corrected chi connectivity index (χ4v) is 3.61. The molecular weight excluding hydrogens is 471 g/mol. The molecule has 3 aromatic heterocycles. The Morgan fingerprint density at radius 2 is 1.76 bits per heavy atom. The molecule has 0 atom stereocenters. The number of carbonyl (C=O) groups excluding carboxylic acids is 1. The van der Waals surface area contributed by atoms with Crippen molar-refractivity contribution in [1.82, 2.24) is 19.6 Å². The highest BCUT2D eigenvalue weighted by atomic mass is 32.5. The van der Waals surface area contributed by atoms with Gasteiger partial charge in [0.05, 0.1) is 6.61 Å². The molecule has 4 rings (SSSR count). The second-order valence-electron chi connectivity index (χ2n) is 6.79. The second-order valence-corrected chi connectivity index (χ2v) is 9.20. The Morgan fingerprint density at radius 3 is 2.42 bits per heavy atom. The summed E-state index contributed by atoms with van der Waals surface area (Å²) in [7, 11) is -9.78. The first-order chi connectivity index (χ1) is 15.4. The van der Waals surface area contributed by atoms with E-state index in [0.29, 0.717) is 16.8 Å². The molecule has 13 heteroatoms. The van der Waals surface area contributed by atoms with Crippen molar-refractivity contribution in [3.63, 3.8) is 0 Å². The number of rotatable bonds is 6. The number of pyridine rings is 2. The fourth-order valence-electron chi connectivity index (χ4n) is 2.96. The van der Waals surface area contributed by atoms with Gasteiger partial charge in [-0.25, -0.2) is 9.78 Å². The number of benzene rings is 1. The lowest BCUT2D eigenvalue weighted by molar-refractivity contribution is 0.0510. The third kappa shape index (κ3) is 4.72. The zero-order chi connectivity index (χ0) is 23.9. The lowest BCUT2D eigenvalue weighted by Gasteiger charge is -2.40. The molecule has 174 valence electrons. The SMILES string of the molecule is CCOC(=O)c1nnc2cc(-c3cccnc3Oc3ccc(S(F)(F)(F)(F)F)cc3)ccn12. The standard InChI is InChI=1S/C20H15F5N4O3S/c1-2-31-20(30)18-28-27-17-12-13(9-11-29(17)18)16-4-3-10-26-19(16)32-14-5-7-15(8-6-14)33(21,22,23,24)25/h3-12H,2H2,1H3. The molecule has 3 heterocycles. The molecule has 0 aliphatic rings. The van der Waals surface area contributed by atoms with E-state index in [4.69, 9.17) is 9.47 Å². The summed E-state index contributed by atoms with van der Waals surface area (Å²) in [5.41, 5.74) is 1.32. The Morgan fingerprint density at radius 1 is 1.03 bits per heavy atom. The lowest BCUT2D eigenvalue weighted by Crippen LogP contribution is -2.09. The molecule has 0 saturated heterocycles. The van der Waals surface area contributed by atoms with E-state index >= 15 is 0 Å². The third-order valence-electron chi connectivity index (χ3n) is 4.43. The number of ether oxygens (including phenoxy) is 2. The summed E-state index contributed by atoms with van der Waals surface area (Å²) in [4.78, 5) is 14.0. The molecule has 0 fully saturated rings. The van der Waals surface area contributed by atoms with E-state index in [9.17, 15) is 24.2 Å². The van der Waals surface area contributed by atoms with Crippen LogP contribution in [-0.2, 0) is 4.74 Å². The van der Waals surface area contributed by atoms with E-state index in [1.54, 1.807) is 31.2 Å². The molecule has 0 saturated carbocycles. The highest BCUT2D eigenvalue weighted by Gasteiger charge is 2.65. The average molecular weight is 486 g/mol. The molecule has 0 aliphatic heterocycles. The molecule has 1 aromatic carbocycles. The Hall–Kier alpha value is -3.74. The van der Waals surface area contributed by atoms with Crippen LogP contribution in [-0.4, -0.2) is 32.2 Å². The summed E-state index contributed by atoms with van der Waals surface area (Å²) in [5.74, 6) is -0.746. The van der Waals surface area contributed by atoms with E-state index in [2.05, 4.69) is 15.2 Å². The first-order valence-electron chi connectivity index (χ1n) is 9.35. The summed E-state index contributed by atoms with van der Waals surface area (Å²) in [6.07, 6.45) is 2.94. The van der Waals surface area contributed by atoms with Crippen LogP contribution in [0.3, 0.4) is 0 Å². The van der Waals surface area contributed by atoms with Crippen LogP contribution in [0.2, 0.25) is 0 Å². The van der Waals surface area contributed by atoms with Gasteiger partial charge in [0.2, 0.25) is 11.7 Å². The number of fused-ring (bicyclic) bond motifs is 1. The van der Waals surface area contributed by atoms with Crippen molar-refractivity contribution in [3.8, 4) is 22.8 Å². The van der Waals surface area contributed by atoms with Crippen LogP contribution < -0.4 is 4.74 Å². The Kier molecular flexibility index (Phi) is 4.85. The van der Waals surface area contributed by atoms with Gasteiger partial charge in [0, 0.05) is 18.0 Å². The Labute approximate surface area is 183 Å². The van der Waals surface area contributed by atoms with Gasteiger partial charge in [-0.15, -0.1) is 10.2 Å². The molecule has 4 aromatic rings. The summed E-state index contributed by atoms with van der Waals surface area (Å²) in [5, 5.41) is 7.76. The first-order valence-corrected chi connectivity index (χ1v) is 11.3. The first kappa shape index (κ1) is 22.5. The zero-order valence-electron chi connectivity index (χ0n) is 16.8. The minimum atomic E-state index is -9.78. The maximum Gasteiger partial charge on any atom is 0.376 e. The molecule has 0 spiro atoms. The number of hydrogen-bond donors (Lipinski definition) is 0. The van der Waals surface area contributed by atoms with Crippen LogP contribution in [0.5, 0.6) is 11.6 Å². The molecule has 0 aliphatic carbocycles. The van der Waals surface area contributed by atoms with Crippen molar-refractivity contribution in [2.24, 2.45) is 0 Å². The van der Waals surface area contributed by atoms with Gasteiger partial charge in [-0.1, -0.05) is 19.4 Å². The van der Waals surface area contributed by atoms with Gasteiger partial charge in [0.15, 0.2) is 5.65 Å². The van der Waals surface area contributed by atoms with Gasteiger partial charge in [-0.3, -0.25) is 4.40 Å². The normalized spacial score (nSPS) is 13.9. The highest BCUT2D eigenvalue weighted by Crippen LogP contribution is 3.02. The highest BCUT2D eigenvalue weighted by molar-refractivity contribution is 8.45. The van der Waals surface area contributed by atoms with Crippen molar-refractivity contribution in [3.05, 3.63) is 66.7 Å². The summed E-state index contributed by atoms with van der Waals surface area (Å²) in [6, 6.07) is 8.57. The number of halogens is 5. The van der Waals surface area contributed by atoms with Crippen LogP contribution in [0.25, 0.3) is 16.8 Å². The molecule has 0 N–H and O–H groups in total. The van der Waals surface area contributed by atoms with Crippen molar-refractivity contribution < 1.29 is 33.7 Å². The van der Waals surface area contributed by atoms with Gasteiger partial charge in [-0.05, 0) is 61.0 Å². The quantitative estimate of drug-likeness (QED) is 0.231. The van der Waals surface area contributed by atoms with Gasteiger partial charge in [-0.2, -0.15) is 0 Å². The van der Waals surface area contributed by atoms with Crippen LogP contribution in [0, 0.1) is 0 Å². The lowest BCUT2D eigenvalue weighted by atomic mass is 10.1. The van der Waals surface area contributed by atoms with Gasteiger partial charge >= 0.3 is 16.2 Å². The van der Waals surface area contributed by atoms with E-state index < -0.39 is 21.1 Å². The Balaban J connectivity index is 1.66. The predicted molar refractivity (Wildman–Crippen MR) is 110 cm³/mol. The smallest absolute Gasteiger partial charge is 0.376 e. The monoisotopic (exact) mass is 486 g/mol. The summed E-state index contributed by atoms with van der Waals surface area (Å²) >= 11 is 0. The van der Waals surface area contributed by atoms with Crippen molar-refractivity contribution >= 4 is 21.8 Å². The summed E-state index contributed by atoms with van der Waals surface area (Å²) in [6.45, 7) is 1.83. The van der Waals surface area contributed by atoms with Crippen LogP contribution in [0.1, 0.15) is 17.5 Å². The predicted octanol–water partition coefficient (Wildman–Crippen LogP) is 6.42. The van der Waals surface area contributed by atoms with E-state index in [0.717, 1.165) is 12.1 Å². The average Bonchev–Trinajstić information content (AvgIpc) is 3.16. The van der Waals surface area contributed by atoms with Gasteiger partial charge in [0.25, 0.3) is 0 Å². The maximum atomic E-state index is 12.9. The minimum absolute atomic E-state index is 0.00917. The number of nitrogens with zero attached hydrogens (tertiary/aromatic N) is 4. The van der Waals surface area contributed by atoms with E-state index in [1.807, 2.05) is 0 Å². The van der Waals surface area contributed by atoms with Crippen LogP contribution in [0.15, 0.2) is 65.8 Å². The Bertz CT molecular complexity index is 1360. The van der Waals surface area contributed by atoms with Crippen molar-refractivity contribution in [2.75, 3.05) is 6.61 Å². The molecule has 0 unspecified atom stereocenters. The molecule has 0 bridgehead atoms. The largest absolute Gasteiger partial charge is 0.460 e. The van der Waals surface area contributed by atoms with Crippen molar-refractivity contribution in [2.45, 2.75) is 11.8 Å². The molecule has 0 radical (unpaired) electrons. The zero-order valence-corrected chi connectivity index (χ0v) is 17.6. The molecule has 0 amide bonds. The topological polar surface area (TPSA) is 78.6 Å². The number of hydrogen-bond acceptors (Lipinski definition) is 6. The molecule has 7 nitrogen and oxygen atoms in total. The van der Waals surface area contributed by atoms with E-state index in [-0.39, 0.29) is 36.2 Å². The minimum Gasteiger partial charge on any atom is -0.460 e. The van der Waals surface area contributed by atoms with E-state index in [1.165, 1.54) is 16.8 Å². The number of esters is 1. The van der Waals surface area contributed by atoms with Crippen LogP contribution >= 0.6 is 10.2 Å². The second kappa shape index (κ2) is 7.13. The van der Waals surface area contributed by atoms with Crippen LogP contribution in [0.4, 0.5) is 19.4 Å². The third-order valence-corrected chi connectivity index (χ3v) is 5.60. The molecular formula is C20H15F5N4O3S. The fraction of sp³-hybridized carbons (Fsp3) is 0.100. The van der Waals surface area contributed by atoms with Crippen molar-refractivity contribution in [1.29, 1.82) is 0 Å². The summed E-state index contributed by atoms with van der Waals surface area (Å²) < 4.78 is 76.5. The number of aromatic nitrogens is 4. The number of carbonyl (C=O) groups is 1. The van der Waals surface area contributed by atoms with Gasteiger partial charge in [0.1, 0.15) is 10.6 Å². The molecule has 33 heavy (non-hydrogen) atoms.